The summed E-state index contributed by atoms with van der Waals surface area (Å²) in [4.78, 5) is 14.7. The Bertz CT molecular complexity index is 531. The van der Waals surface area contributed by atoms with Gasteiger partial charge in [-0.3, -0.25) is 4.79 Å². The first-order valence-electron chi connectivity index (χ1n) is 7.25. The number of carbonyl (C=O) groups excluding carboxylic acids is 1. The Kier molecular flexibility index (Phi) is 5.18. The van der Waals surface area contributed by atoms with Gasteiger partial charge in [0.1, 0.15) is 0 Å². The van der Waals surface area contributed by atoms with E-state index < -0.39 is 5.54 Å². The van der Waals surface area contributed by atoms with E-state index in [1.165, 1.54) is 0 Å². The number of nitrogens with zero attached hydrogens (tertiary/aromatic N) is 1. The van der Waals surface area contributed by atoms with Gasteiger partial charge in [0.15, 0.2) is 0 Å². The van der Waals surface area contributed by atoms with E-state index in [1.807, 2.05) is 19.9 Å². The molecule has 1 aromatic rings. The van der Waals surface area contributed by atoms with Crippen molar-refractivity contribution < 1.29 is 4.79 Å². The highest BCUT2D eigenvalue weighted by atomic mass is 35.5. The van der Waals surface area contributed by atoms with E-state index in [0.29, 0.717) is 10.0 Å². The third kappa shape index (κ3) is 4.12. The molecule has 0 saturated carbocycles. The number of piperidine rings is 1. The zero-order valence-corrected chi connectivity index (χ0v) is 14.3. The molecule has 1 aromatic carbocycles. The van der Waals surface area contributed by atoms with E-state index in [0.717, 1.165) is 31.5 Å². The minimum absolute atomic E-state index is 0.0501. The largest absolute Gasteiger partial charge is 0.347 e. The second kappa shape index (κ2) is 6.55. The maximum atomic E-state index is 12.5. The van der Waals surface area contributed by atoms with Gasteiger partial charge in [-0.1, -0.05) is 29.3 Å². The first kappa shape index (κ1) is 16.6. The number of likely N-dealkylation sites (tertiary alicyclic amines) is 1. The van der Waals surface area contributed by atoms with Crippen LogP contribution in [0.3, 0.4) is 0 Å². The summed E-state index contributed by atoms with van der Waals surface area (Å²) in [5.41, 5.74) is 0.362. The van der Waals surface area contributed by atoms with Gasteiger partial charge in [0.2, 0.25) is 5.91 Å². The third-order valence-corrected chi connectivity index (χ3v) is 4.58. The normalized spacial score (nSPS) is 20.3. The summed E-state index contributed by atoms with van der Waals surface area (Å²) in [7, 11) is 2.06. The molecule has 3 nitrogen and oxygen atoms in total. The van der Waals surface area contributed by atoms with Crippen LogP contribution in [0.1, 0.15) is 32.3 Å². The summed E-state index contributed by atoms with van der Waals surface area (Å²) in [6.45, 7) is 5.81. The quantitative estimate of drug-likeness (QED) is 0.917. The van der Waals surface area contributed by atoms with Crippen LogP contribution in [-0.4, -0.2) is 30.9 Å². The van der Waals surface area contributed by atoms with Crippen molar-refractivity contribution in [1.82, 2.24) is 10.2 Å². The van der Waals surface area contributed by atoms with Crippen LogP contribution in [0.25, 0.3) is 0 Å². The number of halogens is 2. The first-order valence-corrected chi connectivity index (χ1v) is 8.01. The lowest BCUT2D eigenvalue weighted by molar-refractivity contribution is -0.128. The van der Waals surface area contributed by atoms with Gasteiger partial charge in [0.05, 0.1) is 11.5 Å². The predicted octanol–water partition coefficient (Wildman–Crippen LogP) is 3.69. The molecule has 1 fully saturated rings. The van der Waals surface area contributed by atoms with Gasteiger partial charge in [-0.25, -0.2) is 0 Å². The van der Waals surface area contributed by atoms with Crippen molar-refractivity contribution in [3.8, 4) is 0 Å². The van der Waals surface area contributed by atoms with Gasteiger partial charge in [-0.05, 0) is 58.0 Å². The molecular formula is C16H22Cl2N2O. The smallest absolute Gasteiger partial charge is 0.225 e. The van der Waals surface area contributed by atoms with Crippen molar-refractivity contribution in [2.45, 2.75) is 32.2 Å². The van der Waals surface area contributed by atoms with Gasteiger partial charge in [-0.15, -0.1) is 0 Å². The van der Waals surface area contributed by atoms with Crippen LogP contribution in [0, 0.1) is 5.92 Å². The van der Waals surface area contributed by atoms with Crippen LogP contribution in [0.5, 0.6) is 0 Å². The molecular weight excluding hydrogens is 307 g/mol. The number of hydrogen-bond donors (Lipinski definition) is 1. The lowest BCUT2D eigenvalue weighted by Crippen LogP contribution is -2.48. The van der Waals surface area contributed by atoms with E-state index in [2.05, 4.69) is 17.3 Å². The van der Waals surface area contributed by atoms with Crippen LogP contribution in [-0.2, 0) is 10.3 Å². The summed E-state index contributed by atoms with van der Waals surface area (Å²) in [6.07, 6.45) is 2.01. The molecule has 0 aromatic heterocycles. The maximum absolute atomic E-state index is 12.5. The average Bonchev–Trinajstić information content (AvgIpc) is 2.37. The Morgan fingerprint density at radius 1 is 1.38 bits per heavy atom. The average molecular weight is 329 g/mol. The summed E-state index contributed by atoms with van der Waals surface area (Å²) in [5, 5.41) is 4.30. The summed E-state index contributed by atoms with van der Waals surface area (Å²) < 4.78 is 0. The molecule has 1 aliphatic heterocycles. The standard InChI is InChI=1S/C16H22Cl2N2O/c1-16(2,13-7-6-12(17)9-14(13)18)19-15(21)11-5-4-8-20(3)10-11/h6-7,9,11H,4-5,8,10H2,1-3H3,(H,19,21)/t11-/m0/s1. The molecule has 5 heteroatoms. The Balaban J connectivity index is 2.11. The predicted molar refractivity (Wildman–Crippen MR) is 87.9 cm³/mol. The zero-order valence-electron chi connectivity index (χ0n) is 12.7. The molecule has 1 atom stereocenters. The molecule has 21 heavy (non-hydrogen) atoms. The van der Waals surface area contributed by atoms with Crippen molar-refractivity contribution in [2.75, 3.05) is 20.1 Å². The van der Waals surface area contributed by atoms with Crippen molar-refractivity contribution in [1.29, 1.82) is 0 Å². The Labute approximate surface area is 136 Å². The maximum Gasteiger partial charge on any atom is 0.225 e. The minimum atomic E-state index is -0.519. The lowest BCUT2D eigenvalue weighted by atomic mass is 9.91. The van der Waals surface area contributed by atoms with Gasteiger partial charge in [-0.2, -0.15) is 0 Å². The molecule has 1 saturated heterocycles. The Hall–Kier alpha value is -0.770. The molecule has 0 aliphatic carbocycles. The third-order valence-electron chi connectivity index (χ3n) is 4.04. The highest BCUT2D eigenvalue weighted by molar-refractivity contribution is 6.35. The SMILES string of the molecule is CN1CCC[C@H](C(=O)NC(C)(C)c2ccc(Cl)cc2Cl)C1. The highest BCUT2D eigenvalue weighted by Crippen LogP contribution is 2.30. The zero-order chi connectivity index (χ0) is 15.6. The molecule has 1 amide bonds. The van der Waals surface area contributed by atoms with Crippen molar-refractivity contribution in [3.63, 3.8) is 0 Å². The van der Waals surface area contributed by atoms with Crippen LogP contribution in [0.4, 0.5) is 0 Å². The van der Waals surface area contributed by atoms with Crippen LogP contribution in [0.2, 0.25) is 10.0 Å². The van der Waals surface area contributed by atoms with Crippen molar-refractivity contribution in [2.24, 2.45) is 5.92 Å². The molecule has 1 N–H and O–H groups in total. The van der Waals surface area contributed by atoms with E-state index in [1.54, 1.807) is 12.1 Å². The monoisotopic (exact) mass is 328 g/mol. The van der Waals surface area contributed by atoms with Gasteiger partial charge in [0, 0.05) is 16.6 Å². The molecule has 2 rings (SSSR count). The van der Waals surface area contributed by atoms with Crippen LogP contribution >= 0.6 is 23.2 Å². The topological polar surface area (TPSA) is 32.3 Å². The lowest BCUT2D eigenvalue weighted by Gasteiger charge is -2.33. The van der Waals surface area contributed by atoms with Crippen LogP contribution < -0.4 is 5.32 Å². The summed E-state index contributed by atoms with van der Waals surface area (Å²) in [6, 6.07) is 5.38. The number of hydrogen-bond acceptors (Lipinski definition) is 2. The fraction of sp³-hybridized carbons (Fsp3) is 0.562. The molecule has 0 spiro atoms. The summed E-state index contributed by atoms with van der Waals surface area (Å²) in [5.74, 6) is 0.145. The second-order valence-corrected chi connectivity index (χ2v) is 7.18. The number of carbonyl (C=O) groups is 1. The van der Waals surface area contributed by atoms with E-state index in [-0.39, 0.29) is 11.8 Å². The van der Waals surface area contributed by atoms with Crippen LogP contribution in [0.15, 0.2) is 18.2 Å². The second-order valence-electron chi connectivity index (χ2n) is 6.34. The Morgan fingerprint density at radius 2 is 2.10 bits per heavy atom. The molecule has 0 unspecified atom stereocenters. The van der Waals surface area contributed by atoms with Gasteiger partial charge in [0.25, 0.3) is 0 Å². The molecule has 116 valence electrons. The van der Waals surface area contributed by atoms with Gasteiger partial charge >= 0.3 is 0 Å². The molecule has 0 bridgehead atoms. The number of nitrogens with one attached hydrogen (secondary N) is 1. The number of benzene rings is 1. The fourth-order valence-electron chi connectivity index (χ4n) is 2.85. The highest BCUT2D eigenvalue weighted by Gasteiger charge is 2.30. The molecule has 0 radical (unpaired) electrons. The summed E-state index contributed by atoms with van der Waals surface area (Å²) >= 11 is 12.2. The van der Waals surface area contributed by atoms with E-state index in [9.17, 15) is 4.79 Å². The molecule has 1 aliphatic rings. The van der Waals surface area contributed by atoms with Crippen molar-refractivity contribution >= 4 is 29.1 Å². The van der Waals surface area contributed by atoms with Gasteiger partial charge < -0.3 is 10.2 Å². The minimum Gasteiger partial charge on any atom is -0.347 e. The fourth-order valence-corrected chi connectivity index (χ4v) is 3.50. The van der Waals surface area contributed by atoms with Crippen molar-refractivity contribution in [3.05, 3.63) is 33.8 Å². The Morgan fingerprint density at radius 3 is 2.71 bits per heavy atom. The molecule has 1 heterocycles. The number of rotatable bonds is 3. The first-order chi connectivity index (χ1) is 9.79. The number of amides is 1. The van der Waals surface area contributed by atoms with E-state index in [4.69, 9.17) is 23.2 Å². The van der Waals surface area contributed by atoms with E-state index >= 15 is 0 Å².